The van der Waals surface area contributed by atoms with E-state index in [0.717, 1.165) is 22.0 Å². The van der Waals surface area contributed by atoms with Gasteiger partial charge in [0, 0.05) is 19.0 Å². The summed E-state index contributed by atoms with van der Waals surface area (Å²) >= 11 is 0. The van der Waals surface area contributed by atoms with Crippen molar-refractivity contribution >= 4 is 27.5 Å². The molecule has 4 aromatic carbocycles. The van der Waals surface area contributed by atoms with Crippen LogP contribution in [-0.2, 0) is 32.6 Å². The summed E-state index contributed by atoms with van der Waals surface area (Å²) < 4.78 is 56.3. The van der Waals surface area contributed by atoms with E-state index in [2.05, 4.69) is 5.32 Å². The van der Waals surface area contributed by atoms with Crippen LogP contribution in [0.5, 0.6) is 0 Å². The first-order chi connectivity index (χ1) is 21.1. The number of rotatable bonds is 13. The maximum Gasteiger partial charge on any atom is 0.264 e. The Kier molecular flexibility index (Phi) is 10.8. The lowest BCUT2D eigenvalue weighted by molar-refractivity contribution is -0.140. The van der Waals surface area contributed by atoms with Gasteiger partial charge in [-0.15, -0.1) is 0 Å². The number of nitrogens with one attached hydrogen (secondary N) is 1. The van der Waals surface area contributed by atoms with Gasteiger partial charge in [-0.3, -0.25) is 13.9 Å². The van der Waals surface area contributed by atoms with Gasteiger partial charge >= 0.3 is 0 Å². The van der Waals surface area contributed by atoms with E-state index in [1.807, 2.05) is 44.2 Å². The van der Waals surface area contributed by atoms with E-state index in [-0.39, 0.29) is 29.6 Å². The van der Waals surface area contributed by atoms with Crippen LogP contribution in [0.15, 0.2) is 114 Å². The molecule has 0 aliphatic heterocycles. The maximum atomic E-state index is 14.3. The molecule has 0 heterocycles. The van der Waals surface area contributed by atoms with Crippen LogP contribution in [-0.4, -0.2) is 43.8 Å². The molecule has 0 aliphatic carbocycles. The van der Waals surface area contributed by atoms with E-state index in [4.69, 9.17) is 0 Å². The number of sulfonamides is 1. The summed E-state index contributed by atoms with van der Waals surface area (Å²) in [4.78, 5) is 29.4. The third-order valence-corrected chi connectivity index (χ3v) is 9.05. The van der Waals surface area contributed by atoms with Gasteiger partial charge in [-0.1, -0.05) is 67.6 Å². The first kappa shape index (κ1) is 32.3. The molecule has 2 atom stereocenters. The maximum absolute atomic E-state index is 14.3. The molecule has 230 valence electrons. The molecule has 4 rings (SSSR count). The highest BCUT2D eigenvalue weighted by Gasteiger charge is 2.35. The Morgan fingerprint density at radius 2 is 1.32 bits per heavy atom. The Morgan fingerprint density at radius 1 is 0.773 bits per heavy atom. The molecule has 0 aromatic heterocycles. The van der Waals surface area contributed by atoms with Crippen LogP contribution < -0.4 is 9.62 Å². The molecule has 44 heavy (non-hydrogen) atoms. The minimum atomic E-state index is -4.29. The lowest BCUT2D eigenvalue weighted by Gasteiger charge is -2.34. The first-order valence-corrected chi connectivity index (χ1v) is 15.7. The number of halogens is 2. The van der Waals surface area contributed by atoms with Gasteiger partial charge in [0.2, 0.25) is 11.8 Å². The molecular formula is C34H35F2N3O4S. The molecule has 0 saturated heterocycles. The van der Waals surface area contributed by atoms with Crippen molar-refractivity contribution in [3.05, 3.63) is 132 Å². The fourth-order valence-corrected chi connectivity index (χ4v) is 6.07. The topological polar surface area (TPSA) is 86.8 Å². The van der Waals surface area contributed by atoms with Gasteiger partial charge < -0.3 is 10.2 Å². The SMILES string of the molecule is CC[C@@H](C)NC(=O)[C@@H](Cc1ccccc1)N(Cc1ccc(F)cc1)C(=O)CN(c1ccc(F)cc1)S(=O)(=O)c1ccccc1. The molecule has 7 nitrogen and oxygen atoms in total. The second-order valence-electron chi connectivity index (χ2n) is 10.5. The van der Waals surface area contributed by atoms with E-state index < -0.39 is 46.1 Å². The average Bonchev–Trinajstić information content (AvgIpc) is 3.03. The van der Waals surface area contributed by atoms with Gasteiger partial charge in [0.25, 0.3) is 10.0 Å². The van der Waals surface area contributed by atoms with Gasteiger partial charge in [-0.05, 0) is 73.0 Å². The summed E-state index contributed by atoms with van der Waals surface area (Å²) in [6.07, 6.45) is 0.807. The lowest BCUT2D eigenvalue weighted by Crippen LogP contribution is -2.54. The van der Waals surface area contributed by atoms with Crippen LogP contribution in [0.25, 0.3) is 0 Å². The minimum absolute atomic E-state index is 0.0578. The molecule has 2 amide bonds. The monoisotopic (exact) mass is 619 g/mol. The summed E-state index contributed by atoms with van der Waals surface area (Å²) in [5.41, 5.74) is 1.42. The highest BCUT2D eigenvalue weighted by molar-refractivity contribution is 7.92. The number of nitrogens with zero attached hydrogens (tertiary/aromatic N) is 2. The second kappa shape index (κ2) is 14.7. The largest absolute Gasteiger partial charge is 0.352 e. The molecule has 0 unspecified atom stereocenters. The molecule has 0 aliphatic rings. The second-order valence-corrected chi connectivity index (χ2v) is 12.3. The highest BCUT2D eigenvalue weighted by atomic mass is 32.2. The number of carbonyl (C=O) groups is 2. The third-order valence-electron chi connectivity index (χ3n) is 7.26. The van der Waals surface area contributed by atoms with Crippen LogP contribution in [0, 0.1) is 11.6 Å². The van der Waals surface area contributed by atoms with Crippen molar-refractivity contribution in [3.63, 3.8) is 0 Å². The van der Waals surface area contributed by atoms with Crippen LogP contribution in [0.4, 0.5) is 14.5 Å². The molecule has 0 fully saturated rings. The number of amides is 2. The van der Waals surface area contributed by atoms with Crippen molar-refractivity contribution < 1.29 is 26.8 Å². The standard InChI is InChI=1S/C34H35F2N3O4S/c1-3-25(2)37-34(41)32(22-26-10-6-4-7-11-26)38(23-27-14-16-28(35)17-15-27)33(40)24-39(30-20-18-29(36)19-21-30)44(42,43)31-12-8-5-9-13-31/h4-21,25,32H,3,22-24H2,1-2H3,(H,37,41)/t25-,32-/m1/s1. The van der Waals surface area contributed by atoms with Crippen molar-refractivity contribution in [2.75, 3.05) is 10.8 Å². The predicted octanol–water partition coefficient (Wildman–Crippen LogP) is 5.71. The van der Waals surface area contributed by atoms with Crippen molar-refractivity contribution in [3.8, 4) is 0 Å². The molecule has 10 heteroatoms. The Bertz CT molecular complexity index is 1640. The van der Waals surface area contributed by atoms with Crippen molar-refractivity contribution in [2.24, 2.45) is 0 Å². The number of hydrogen-bond acceptors (Lipinski definition) is 4. The molecule has 0 saturated carbocycles. The Hall–Kier alpha value is -4.57. The van der Waals surface area contributed by atoms with E-state index in [9.17, 15) is 26.8 Å². The van der Waals surface area contributed by atoms with Gasteiger partial charge in [-0.25, -0.2) is 17.2 Å². The number of hydrogen-bond donors (Lipinski definition) is 1. The summed E-state index contributed by atoms with van der Waals surface area (Å²) in [5, 5.41) is 2.96. The van der Waals surface area contributed by atoms with Gasteiger partial charge in [-0.2, -0.15) is 0 Å². The molecule has 0 spiro atoms. The van der Waals surface area contributed by atoms with Crippen LogP contribution in [0.2, 0.25) is 0 Å². The number of carbonyl (C=O) groups excluding carboxylic acids is 2. The van der Waals surface area contributed by atoms with E-state index in [0.29, 0.717) is 12.0 Å². The van der Waals surface area contributed by atoms with Gasteiger partial charge in [0.15, 0.2) is 0 Å². The quantitative estimate of drug-likeness (QED) is 0.208. The fourth-order valence-electron chi connectivity index (χ4n) is 4.64. The Labute approximate surface area is 257 Å². The van der Waals surface area contributed by atoms with Crippen molar-refractivity contribution in [2.45, 2.75) is 50.2 Å². The van der Waals surface area contributed by atoms with E-state index >= 15 is 0 Å². The smallest absolute Gasteiger partial charge is 0.264 e. The van der Waals surface area contributed by atoms with E-state index in [1.54, 1.807) is 18.2 Å². The molecule has 1 N–H and O–H groups in total. The minimum Gasteiger partial charge on any atom is -0.352 e. The van der Waals surface area contributed by atoms with Crippen molar-refractivity contribution in [1.29, 1.82) is 0 Å². The predicted molar refractivity (Wildman–Crippen MR) is 166 cm³/mol. The van der Waals surface area contributed by atoms with Crippen LogP contribution >= 0.6 is 0 Å². The zero-order chi connectivity index (χ0) is 31.7. The summed E-state index contributed by atoms with van der Waals surface area (Å²) in [7, 11) is -4.29. The third kappa shape index (κ3) is 8.29. The Morgan fingerprint density at radius 3 is 1.89 bits per heavy atom. The fraction of sp³-hybridized carbons (Fsp3) is 0.235. The van der Waals surface area contributed by atoms with E-state index in [1.165, 1.54) is 53.4 Å². The number of benzene rings is 4. The van der Waals surface area contributed by atoms with Crippen LogP contribution in [0.3, 0.4) is 0 Å². The molecular weight excluding hydrogens is 584 g/mol. The summed E-state index contributed by atoms with van der Waals surface area (Å²) in [6.45, 7) is 3.01. The zero-order valence-corrected chi connectivity index (χ0v) is 25.4. The van der Waals surface area contributed by atoms with Gasteiger partial charge in [0.1, 0.15) is 24.2 Å². The zero-order valence-electron chi connectivity index (χ0n) is 24.6. The first-order valence-electron chi connectivity index (χ1n) is 14.3. The Balaban J connectivity index is 1.79. The molecule has 0 bridgehead atoms. The number of anilines is 1. The molecule has 0 radical (unpaired) electrons. The van der Waals surface area contributed by atoms with Crippen LogP contribution in [0.1, 0.15) is 31.4 Å². The normalized spacial score (nSPS) is 12.6. The summed E-state index contributed by atoms with van der Waals surface area (Å²) in [5.74, 6) is -2.10. The average molecular weight is 620 g/mol. The van der Waals surface area contributed by atoms with Crippen molar-refractivity contribution in [1.82, 2.24) is 10.2 Å². The molecule has 4 aromatic rings. The summed E-state index contributed by atoms with van der Waals surface area (Å²) in [6, 6.07) is 25.9. The lowest BCUT2D eigenvalue weighted by atomic mass is 10.0. The van der Waals surface area contributed by atoms with Gasteiger partial charge in [0.05, 0.1) is 10.6 Å². The highest BCUT2D eigenvalue weighted by Crippen LogP contribution is 2.25.